The number of alkyl carbamates (subject to hydrolysis) is 1. The maximum Gasteiger partial charge on any atom is 0.407 e. The van der Waals surface area contributed by atoms with Crippen LogP contribution in [0.4, 0.5) is 4.79 Å². The van der Waals surface area contributed by atoms with Crippen LogP contribution in [0.5, 0.6) is 0 Å². The Bertz CT molecular complexity index is 1230. The summed E-state index contributed by atoms with van der Waals surface area (Å²) in [7, 11) is 0. The predicted molar refractivity (Wildman–Crippen MR) is 136 cm³/mol. The van der Waals surface area contributed by atoms with Crippen LogP contribution in [-0.2, 0) is 35.3 Å². The fraction of sp³-hybridized carbons (Fsp3) is 0.423. The molecule has 0 aliphatic heterocycles. The van der Waals surface area contributed by atoms with Gasteiger partial charge in [0.15, 0.2) is 0 Å². The van der Waals surface area contributed by atoms with E-state index in [4.69, 9.17) is 4.74 Å². The lowest BCUT2D eigenvalue weighted by Gasteiger charge is -2.22. The second-order valence-electron chi connectivity index (χ2n) is 8.94. The molecule has 0 radical (unpaired) electrons. The standard InChI is InChI=1S/C26H28N4O3S2/c1-16(19-4-3-7-28-12-19)8-21(31)10-25-23(11-27)22-6-5-18(9-24(22)35-25)14-33-26(32)29-13-20-15-34-17(2)30-20/h3-4,7,12,15-16,18H,5-6,8-10,13-14H2,1-2H3,(H,29,32). The van der Waals surface area contributed by atoms with Crippen molar-refractivity contribution >= 4 is 34.6 Å². The van der Waals surface area contributed by atoms with Gasteiger partial charge >= 0.3 is 6.09 Å². The highest BCUT2D eigenvalue weighted by atomic mass is 32.1. The van der Waals surface area contributed by atoms with Gasteiger partial charge in [-0.2, -0.15) is 5.26 Å². The number of hydrogen-bond donors (Lipinski definition) is 1. The van der Waals surface area contributed by atoms with Crippen molar-refractivity contribution in [2.24, 2.45) is 5.92 Å². The number of thiazole rings is 1. The van der Waals surface area contributed by atoms with Crippen LogP contribution in [0.3, 0.4) is 0 Å². The number of nitrogens with one attached hydrogen (secondary N) is 1. The maximum atomic E-state index is 12.8. The molecule has 1 aliphatic carbocycles. The van der Waals surface area contributed by atoms with E-state index in [-0.39, 0.29) is 24.0 Å². The van der Waals surface area contributed by atoms with Crippen molar-refractivity contribution < 1.29 is 14.3 Å². The number of pyridine rings is 1. The monoisotopic (exact) mass is 508 g/mol. The molecule has 35 heavy (non-hydrogen) atoms. The van der Waals surface area contributed by atoms with Crippen molar-refractivity contribution in [1.29, 1.82) is 5.26 Å². The van der Waals surface area contributed by atoms with Crippen LogP contribution in [-0.4, -0.2) is 28.5 Å². The number of thiophene rings is 1. The van der Waals surface area contributed by atoms with Gasteiger partial charge in [-0.05, 0) is 55.2 Å². The number of fused-ring (bicyclic) bond motifs is 1. The van der Waals surface area contributed by atoms with Crippen molar-refractivity contribution in [3.8, 4) is 6.07 Å². The van der Waals surface area contributed by atoms with Crippen molar-refractivity contribution in [3.63, 3.8) is 0 Å². The number of nitriles is 1. The minimum absolute atomic E-state index is 0.0866. The van der Waals surface area contributed by atoms with Gasteiger partial charge < -0.3 is 10.1 Å². The largest absolute Gasteiger partial charge is 0.449 e. The van der Waals surface area contributed by atoms with Gasteiger partial charge in [0, 0.05) is 40.4 Å². The summed E-state index contributed by atoms with van der Waals surface area (Å²) in [6.45, 7) is 4.64. The van der Waals surface area contributed by atoms with Crippen LogP contribution < -0.4 is 5.32 Å². The van der Waals surface area contributed by atoms with E-state index >= 15 is 0 Å². The number of carbonyl (C=O) groups is 2. The number of ether oxygens (including phenoxy) is 1. The van der Waals surface area contributed by atoms with E-state index < -0.39 is 6.09 Å². The van der Waals surface area contributed by atoms with Crippen LogP contribution in [0.25, 0.3) is 0 Å². The highest BCUT2D eigenvalue weighted by molar-refractivity contribution is 7.12. The van der Waals surface area contributed by atoms with Crippen LogP contribution in [0.2, 0.25) is 0 Å². The van der Waals surface area contributed by atoms with Gasteiger partial charge in [0.2, 0.25) is 0 Å². The molecule has 182 valence electrons. The lowest BCUT2D eigenvalue weighted by atomic mass is 9.87. The van der Waals surface area contributed by atoms with Gasteiger partial charge in [0.05, 0.1) is 29.4 Å². The normalized spacial score (nSPS) is 15.6. The zero-order valence-corrected chi connectivity index (χ0v) is 21.5. The second kappa shape index (κ2) is 11.6. The molecule has 0 spiro atoms. The van der Waals surface area contributed by atoms with E-state index in [0.717, 1.165) is 50.8 Å². The summed E-state index contributed by atoms with van der Waals surface area (Å²) in [5.74, 6) is 0.418. The van der Waals surface area contributed by atoms with Gasteiger partial charge in [0.1, 0.15) is 11.9 Å². The van der Waals surface area contributed by atoms with Gasteiger partial charge in [-0.15, -0.1) is 22.7 Å². The van der Waals surface area contributed by atoms with E-state index in [0.29, 0.717) is 25.1 Å². The molecule has 2 unspecified atom stereocenters. The average molecular weight is 509 g/mol. The fourth-order valence-electron chi connectivity index (χ4n) is 4.38. The summed E-state index contributed by atoms with van der Waals surface area (Å²) in [6.07, 6.45) is 6.15. The summed E-state index contributed by atoms with van der Waals surface area (Å²) in [4.78, 5) is 35.3. The van der Waals surface area contributed by atoms with Gasteiger partial charge in [-0.3, -0.25) is 9.78 Å². The Kier molecular flexibility index (Phi) is 8.26. The summed E-state index contributed by atoms with van der Waals surface area (Å²) in [5, 5.41) is 15.4. The number of carbonyl (C=O) groups excluding carboxylic acids is 2. The van der Waals surface area contributed by atoms with E-state index in [1.54, 1.807) is 35.1 Å². The average Bonchev–Trinajstić information content (AvgIpc) is 3.43. The first kappa shape index (κ1) is 25.0. The predicted octanol–water partition coefficient (Wildman–Crippen LogP) is 5.12. The number of aromatic nitrogens is 2. The van der Waals surface area contributed by atoms with Crippen LogP contribution in [0.15, 0.2) is 29.9 Å². The molecule has 0 saturated carbocycles. The highest BCUT2D eigenvalue weighted by Crippen LogP contribution is 2.37. The molecule has 1 amide bonds. The fourth-order valence-corrected chi connectivity index (χ4v) is 6.44. The Balaban J connectivity index is 1.30. The van der Waals surface area contributed by atoms with Crippen molar-refractivity contribution in [2.75, 3.05) is 6.61 Å². The van der Waals surface area contributed by atoms with E-state index in [2.05, 4.69) is 21.4 Å². The Morgan fingerprint density at radius 1 is 1.40 bits per heavy atom. The van der Waals surface area contributed by atoms with Gasteiger partial charge in [0.25, 0.3) is 0 Å². The number of ketones is 1. The van der Waals surface area contributed by atoms with Gasteiger partial charge in [-0.25, -0.2) is 9.78 Å². The molecule has 0 saturated heterocycles. The summed E-state index contributed by atoms with van der Waals surface area (Å²) in [5.41, 5.74) is 3.61. The number of Topliss-reactive ketones (excluding diaryl/α,β-unsaturated/α-hetero) is 1. The van der Waals surface area contributed by atoms with Gasteiger partial charge in [-0.1, -0.05) is 13.0 Å². The summed E-state index contributed by atoms with van der Waals surface area (Å²) < 4.78 is 5.44. The third kappa shape index (κ3) is 6.53. The summed E-state index contributed by atoms with van der Waals surface area (Å²) >= 11 is 3.11. The second-order valence-corrected chi connectivity index (χ2v) is 11.2. The van der Waals surface area contributed by atoms with Crippen LogP contribution in [0, 0.1) is 24.2 Å². The zero-order valence-electron chi connectivity index (χ0n) is 19.9. The first-order valence-corrected chi connectivity index (χ1v) is 13.4. The molecule has 3 aromatic heterocycles. The third-order valence-corrected chi connectivity index (χ3v) is 8.30. The number of hydrogen-bond acceptors (Lipinski definition) is 8. The SMILES string of the molecule is Cc1nc(CNC(=O)OCC2CCc3c(sc(CC(=O)CC(C)c4cccnc4)c3C#N)C2)cs1. The van der Waals surface area contributed by atoms with E-state index in [1.807, 2.05) is 31.4 Å². The minimum atomic E-state index is -0.445. The smallest absolute Gasteiger partial charge is 0.407 e. The molecular formula is C26H28N4O3S2. The Morgan fingerprint density at radius 2 is 2.26 bits per heavy atom. The molecule has 0 fully saturated rings. The molecular weight excluding hydrogens is 480 g/mol. The van der Waals surface area contributed by atoms with Crippen molar-refractivity contribution in [3.05, 3.63) is 67.1 Å². The molecule has 7 nitrogen and oxygen atoms in total. The van der Waals surface area contributed by atoms with Crippen LogP contribution >= 0.6 is 22.7 Å². The minimum Gasteiger partial charge on any atom is -0.449 e. The number of rotatable bonds is 9. The molecule has 1 aliphatic rings. The third-order valence-electron chi connectivity index (χ3n) is 6.23. The Morgan fingerprint density at radius 3 is 2.97 bits per heavy atom. The molecule has 1 N–H and O–H groups in total. The first-order chi connectivity index (χ1) is 16.9. The molecule has 2 atom stereocenters. The van der Waals surface area contributed by atoms with Crippen molar-refractivity contribution in [1.82, 2.24) is 15.3 Å². The quantitative estimate of drug-likeness (QED) is 0.430. The summed E-state index contributed by atoms with van der Waals surface area (Å²) in [6, 6.07) is 6.20. The lowest BCUT2D eigenvalue weighted by Crippen LogP contribution is -2.27. The molecule has 3 heterocycles. The molecule has 0 bridgehead atoms. The maximum absolute atomic E-state index is 12.8. The zero-order chi connectivity index (χ0) is 24.8. The van der Waals surface area contributed by atoms with Crippen LogP contribution in [0.1, 0.15) is 62.8 Å². The molecule has 3 aromatic rings. The lowest BCUT2D eigenvalue weighted by molar-refractivity contribution is -0.118. The number of aryl methyl sites for hydroxylation is 1. The van der Waals surface area contributed by atoms with E-state index in [1.165, 1.54) is 0 Å². The van der Waals surface area contributed by atoms with E-state index in [9.17, 15) is 14.9 Å². The number of amides is 1. The topological polar surface area (TPSA) is 105 Å². The highest BCUT2D eigenvalue weighted by Gasteiger charge is 2.27. The Hall–Kier alpha value is -3.09. The van der Waals surface area contributed by atoms with Crippen molar-refractivity contribution in [2.45, 2.75) is 58.4 Å². The molecule has 9 heteroatoms. The Labute approximate surface area is 213 Å². The molecule has 0 aromatic carbocycles. The number of nitrogens with zero attached hydrogens (tertiary/aromatic N) is 3. The molecule has 4 rings (SSSR count). The first-order valence-electron chi connectivity index (χ1n) is 11.7.